The summed E-state index contributed by atoms with van der Waals surface area (Å²) in [6.45, 7) is 4.36. The minimum atomic E-state index is -0.775. The Hall–Kier alpha value is -1.90. The normalized spacial score (nSPS) is 15.3. The average Bonchev–Trinajstić information content (AvgIpc) is 2.53. The second-order valence-corrected chi connectivity index (χ2v) is 5.46. The molecule has 0 aromatic heterocycles. The number of benzene rings is 1. The van der Waals surface area contributed by atoms with Gasteiger partial charge in [0.05, 0.1) is 24.7 Å². The number of nitro benzene ring substituents is 1. The number of primary amides is 1. The van der Waals surface area contributed by atoms with Crippen LogP contribution >= 0.6 is 11.6 Å². The van der Waals surface area contributed by atoms with Crippen LogP contribution in [0.15, 0.2) is 12.1 Å². The van der Waals surface area contributed by atoms with Crippen LogP contribution < -0.4 is 10.5 Å². The minimum Gasteiger partial charge on any atom is -0.492 e. The summed E-state index contributed by atoms with van der Waals surface area (Å²) < 4.78 is 10.8. The van der Waals surface area contributed by atoms with Crippen molar-refractivity contribution < 1.29 is 19.2 Å². The van der Waals surface area contributed by atoms with Crippen LogP contribution in [0.1, 0.15) is 16.8 Å². The highest BCUT2D eigenvalue weighted by Crippen LogP contribution is 2.35. The number of amides is 1. The first-order chi connectivity index (χ1) is 11.0. The molecule has 0 unspecified atom stereocenters. The van der Waals surface area contributed by atoms with Crippen molar-refractivity contribution in [2.75, 3.05) is 39.5 Å². The van der Waals surface area contributed by atoms with E-state index in [9.17, 15) is 14.9 Å². The van der Waals surface area contributed by atoms with Gasteiger partial charge in [-0.15, -0.1) is 0 Å². The highest BCUT2D eigenvalue weighted by atomic mass is 35.5. The Morgan fingerprint density at radius 1 is 1.43 bits per heavy atom. The molecule has 1 aliphatic rings. The Morgan fingerprint density at radius 3 is 2.74 bits per heavy atom. The number of rotatable bonds is 7. The quantitative estimate of drug-likeness (QED) is 0.456. The molecule has 0 saturated carbocycles. The maximum atomic E-state index is 11.3. The maximum absolute atomic E-state index is 11.3. The first-order valence-electron chi connectivity index (χ1n) is 7.19. The van der Waals surface area contributed by atoms with Gasteiger partial charge in [0.1, 0.15) is 5.75 Å². The predicted molar refractivity (Wildman–Crippen MR) is 84.0 cm³/mol. The lowest BCUT2D eigenvalue weighted by Crippen LogP contribution is -2.37. The summed E-state index contributed by atoms with van der Waals surface area (Å²) in [5, 5.41) is 10.8. The molecular weight excluding hydrogens is 326 g/mol. The van der Waals surface area contributed by atoms with Crippen molar-refractivity contribution in [1.29, 1.82) is 0 Å². The highest BCUT2D eigenvalue weighted by molar-refractivity contribution is 6.34. The molecule has 2 N–H and O–H groups in total. The number of morpholine rings is 1. The molecule has 1 fully saturated rings. The molecule has 0 radical (unpaired) electrons. The lowest BCUT2D eigenvalue weighted by molar-refractivity contribution is -0.384. The molecule has 0 aliphatic carbocycles. The zero-order chi connectivity index (χ0) is 16.8. The van der Waals surface area contributed by atoms with Crippen LogP contribution in [0.25, 0.3) is 0 Å². The number of nitrogens with two attached hydrogens (primary N) is 1. The summed E-state index contributed by atoms with van der Waals surface area (Å²) >= 11 is 5.96. The van der Waals surface area contributed by atoms with Crippen molar-refractivity contribution in [3.63, 3.8) is 0 Å². The van der Waals surface area contributed by atoms with Crippen LogP contribution in [0.3, 0.4) is 0 Å². The van der Waals surface area contributed by atoms with Crippen molar-refractivity contribution in [2.45, 2.75) is 6.42 Å². The summed E-state index contributed by atoms with van der Waals surface area (Å²) in [4.78, 5) is 23.8. The van der Waals surface area contributed by atoms with Crippen LogP contribution in [0.2, 0.25) is 5.02 Å². The molecule has 1 amide bonds. The van der Waals surface area contributed by atoms with Crippen molar-refractivity contribution in [3.8, 4) is 5.75 Å². The van der Waals surface area contributed by atoms with Gasteiger partial charge in [0.15, 0.2) is 5.02 Å². The fourth-order valence-corrected chi connectivity index (χ4v) is 2.49. The van der Waals surface area contributed by atoms with Gasteiger partial charge < -0.3 is 15.2 Å². The molecule has 8 nitrogen and oxygen atoms in total. The molecule has 0 atom stereocenters. The van der Waals surface area contributed by atoms with E-state index in [0.717, 1.165) is 45.3 Å². The molecule has 126 valence electrons. The Labute approximate surface area is 138 Å². The summed E-state index contributed by atoms with van der Waals surface area (Å²) in [6, 6.07) is 2.37. The van der Waals surface area contributed by atoms with Gasteiger partial charge >= 0.3 is 0 Å². The van der Waals surface area contributed by atoms with Crippen LogP contribution in [-0.2, 0) is 4.74 Å². The van der Waals surface area contributed by atoms with Crippen LogP contribution in [0.4, 0.5) is 5.69 Å². The number of hydrogen-bond donors (Lipinski definition) is 1. The Kier molecular flexibility index (Phi) is 6.14. The summed E-state index contributed by atoms with van der Waals surface area (Å²) in [6.07, 6.45) is 0.727. The third kappa shape index (κ3) is 4.78. The third-order valence-corrected chi connectivity index (χ3v) is 3.86. The fourth-order valence-electron chi connectivity index (χ4n) is 2.26. The van der Waals surface area contributed by atoms with E-state index in [0.29, 0.717) is 6.61 Å². The van der Waals surface area contributed by atoms with Gasteiger partial charge in [-0.25, -0.2) is 0 Å². The Bertz CT molecular complexity index is 590. The smallest absolute Gasteiger partial charge is 0.292 e. The number of nitrogens with zero attached hydrogens (tertiary/aromatic N) is 2. The van der Waals surface area contributed by atoms with Crippen LogP contribution in [0, 0.1) is 10.1 Å². The second kappa shape index (κ2) is 8.09. The first kappa shape index (κ1) is 17.5. The Balaban J connectivity index is 1.97. The molecule has 0 spiro atoms. The van der Waals surface area contributed by atoms with E-state index in [1.165, 1.54) is 6.07 Å². The number of nitro groups is 1. The van der Waals surface area contributed by atoms with Crippen molar-refractivity contribution >= 4 is 23.2 Å². The van der Waals surface area contributed by atoms with Gasteiger partial charge in [0.2, 0.25) is 5.91 Å². The largest absolute Gasteiger partial charge is 0.492 e. The van der Waals surface area contributed by atoms with Crippen molar-refractivity contribution in [3.05, 3.63) is 32.8 Å². The monoisotopic (exact) mass is 343 g/mol. The third-order valence-electron chi connectivity index (χ3n) is 3.48. The summed E-state index contributed by atoms with van der Waals surface area (Å²) in [5.74, 6) is -0.681. The van der Waals surface area contributed by atoms with Gasteiger partial charge in [-0.2, -0.15) is 0 Å². The van der Waals surface area contributed by atoms with E-state index in [1.54, 1.807) is 0 Å². The lowest BCUT2D eigenvalue weighted by atomic mass is 10.2. The molecule has 23 heavy (non-hydrogen) atoms. The molecule has 1 saturated heterocycles. The SMILES string of the molecule is NC(=O)c1cc(OCCCN2CCOCC2)c(Cl)c([N+](=O)[O-])c1. The van der Waals surface area contributed by atoms with E-state index < -0.39 is 16.5 Å². The lowest BCUT2D eigenvalue weighted by Gasteiger charge is -2.26. The average molecular weight is 344 g/mol. The maximum Gasteiger partial charge on any atom is 0.292 e. The molecule has 1 aliphatic heterocycles. The van der Waals surface area contributed by atoms with E-state index in [1.807, 2.05) is 0 Å². The first-order valence-corrected chi connectivity index (χ1v) is 7.57. The van der Waals surface area contributed by atoms with E-state index >= 15 is 0 Å². The minimum absolute atomic E-state index is 0.00993. The zero-order valence-corrected chi connectivity index (χ0v) is 13.3. The summed E-state index contributed by atoms with van der Waals surface area (Å²) in [5.41, 5.74) is 4.77. The Morgan fingerprint density at radius 2 is 2.13 bits per heavy atom. The fraction of sp³-hybridized carbons (Fsp3) is 0.500. The number of carbonyl (C=O) groups excluding carboxylic acids is 1. The molecular formula is C14H18ClN3O5. The number of hydrogen-bond acceptors (Lipinski definition) is 6. The second-order valence-electron chi connectivity index (χ2n) is 5.08. The molecule has 1 aromatic carbocycles. The molecule has 9 heteroatoms. The summed E-state index contributed by atoms with van der Waals surface area (Å²) in [7, 11) is 0. The standard InChI is InChI=1S/C14H18ClN3O5/c15-13-11(18(20)21)8-10(14(16)19)9-12(13)23-5-1-2-17-3-6-22-7-4-17/h8-9H,1-7H2,(H2,16,19). The van der Waals surface area contributed by atoms with E-state index in [4.69, 9.17) is 26.8 Å². The zero-order valence-electron chi connectivity index (χ0n) is 12.5. The van der Waals surface area contributed by atoms with Gasteiger partial charge in [-0.1, -0.05) is 11.6 Å². The van der Waals surface area contributed by atoms with Gasteiger partial charge in [-0.3, -0.25) is 19.8 Å². The predicted octanol–water partition coefficient (Wildman–Crippen LogP) is 1.45. The molecule has 1 heterocycles. The van der Waals surface area contributed by atoms with Gasteiger partial charge in [0, 0.05) is 31.3 Å². The highest BCUT2D eigenvalue weighted by Gasteiger charge is 2.21. The van der Waals surface area contributed by atoms with Crippen molar-refractivity contribution in [1.82, 2.24) is 4.90 Å². The van der Waals surface area contributed by atoms with E-state index in [2.05, 4.69) is 4.90 Å². The van der Waals surface area contributed by atoms with Gasteiger partial charge in [-0.05, 0) is 12.5 Å². The van der Waals surface area contributed by atoms with Crippen molar-refractivity contribution in [2.24, 2.45) is 5.73 Å². The number of halogens is 1. The molecule has 0 bridgehead atoms. The molecule has 1 aromatic rings. The van der Waals surface area contributed by atoms with Crippen LogP contribution in [0.5, 0.6) is 5.75 Å². The number of carbonyl (C=O) groups is 1. The van der Waals surface area contributed by atoms with Crippen LogP contribution in [-0.4, -0.2) is 55.2 Å². The van der Waals surface area contributed by atoms with E-state index in [-0.39, 0.29) is 16.3 Å². The topological polar surface area (TPSA) is 108 Å². The molecule has 2 rings (SSSR count). The number of ether oxygens (including phenoxy) is 2. The van der Waals surface area contributed by atoms with Gasteiger partial charge in [0.25, 0.3) is 5.69 Å².